The van der Waals surface area contributed by atoms with Crippen LogP contribution in [0, 0.1) is 5.82 Å². The number of benzene rings is 3. The maximum absolute atomic E-state index is 15.7. The predicted octanol–water partition coefficient (Wildman–Crippen LogP) is 8.90. The molecular formula is C28H26FNSSi. The van der Waals surface area contributed by atoms with Crippen molar-refractivity contribution < 1.29 is 5.76 Å². The number of fused-ring (bicyclic) bond motifs is 3. The number of thiophene rings is 1. The van der Waals surface area contributed by atoms with Gasteiger partial charge < -0.3 is 0 Å². The number of hydrogen-bond donors (Lipinski definition) is 0. The lowest BCUT2D eigenvalue weighted by atomic mass is 10.0. The topological polar surface area (TPSA) is 12.9 Å². The molecule has 3 aromatic carbocycles. The van der Waals surface area contributed by atoms with E-state index < -0.39 is 13.6 Å². The Morgan fingerprint density at radius 1 is 0.875 bits per heavy atom. The highest BCUT2D eigenvalue weighted by molar-refractivity contribution is 7.26. The normalized spacial score (nSPS) is 14.5. The largest absolute Gasteiger partial charge is 0.256 e. The summed E-state index contributed by atoms with van der Waals surface area (Å²) >= 11 is 1.48. The third-order valence-electron chi connectivity index (χ3n) is 6.29. The van der Waals surface area contributed by atoms with Gasteiger partial charge in [-0.15, -0.1) is 11.3 Å². The van der Waals surface area contributed by atoms with Crippen molar-refractivity contribution in [2.75, 3.05) is 0 Å². The van der Waals surface area contributed by atoms with Crippen molar-refractivity contribution in [1.29, 1.82) is 0 Å². The van der Waals surface area contributed by atoms with Crippen LogP contribution in [0.25, 0.3) is 42.6 Å². The van der Waals surface area contributed by atoms with Crippen LogP contribution < -0.4 is 0 Å². The number of nitrogens with zero attached hydrogens (tertiary/aromatic N) is 1. The Morgan fingerprint density at radius 2 is 1.62 bits per heavy atom. The van der Waals surface area contributed by atoms with Gasteiger partial charge in [-0.05, 0) is 28.8 Å². The van der Waals surface area contributed by atoms with Gasteiger partial charge in [-0.25, -0.2) is 4.39 Å². The van der Waals surface area contributed by atoms with Crippen LogP contribution in [0.2, 0.25) is 19.6 Å². The molecule has 4 heteroatoms. The Kier molecular flexibility index (Phi) is 4.92. The average molecular weight is 457 g/mol. The SMILES string of the molecule is [2H]C(C)(c1ccnc(-c2cccc3c2sc2c(F)c(-c4ccccc4)ccc23)c1)[Si](C)(C)C. The molecule has 0 amide bonds. The minimum Gasteiger partial charge on any atom is -0.256 e. The molecule has 0 radical (unpaired) electrons. The number of halogens is 1. The standard InChI is InChI=1S/C28H26FNSSi/c1-18(32(2,3)4)20-15-16-30-25(17-20)24-12-8-11-22-23-14-13-21(19-9-6-5-7-10-19)26(29)28(23)31-27(22)24/h5-18H,1-4H3/i18D. The van der Waals surface area contributed by atoms with Gasteiger partial charge in [0, 0.05) is 34.2 Å². The number of pyridine rings is 1. The number of aromatic nitrogens is 1. The Labute approximate surface area is 195 Å². The second kappa shape index (κ2) is 7.95. The highest BCUT2D eigenvalue weighted by Gasteiger charge is 2.24. The fourth-order valence-corrected chi connectivity index (χ4v) is 6.40. The van der Waals surface area contributed by atoms with Crippen LogP contribution in [-0.2, 0) is 0 Å². The zero-order valence-corrected chi connectivity index (χ0v) is 20.6. The highest BCUT2D eigenvalue weighted by atomic mass is 32.1. The molecule has 32 heavy (non-hydrogen) atoms. The van der Waals surface area contributed by atoms with Crippen molar-refractivity contribution >= 4 is 39.6 Å². The molecule has 5 aromatic rings. The van der Waals surface area contributed by atoms with E-state index in [9.17, 15) is 0 Å². The monoisotopic (exact) mass is 456 g/mol. The van der Waals surface area contributed by atoms with Crippen LogP contribution in [0.5, 0.6) is 0 Å². The van der Waals surface area contributed by atoms with Crippen LogP contribution >= 0.6 is 11.3 Å². The van der Waals surface area contributed by atoms with Gasteiger partial charge in [0.1, 0.15) is 5.82 Å². The van der Waals surface area contributed by atoms with E-state index in [0.717, 1.165) is 37.9 Å². The molecule has 0 aliphatic rings. The van der Waals surface area contributed by atoms with Gasteiger partial charge in [0.2, 0.25) is 0 Å². The molecule has 0 fully saturated rings. The smallest absolute Gasteiger partial charge is 0.148 e. The lowest BCUT2D eigenvalue weighted by molar-refractivity contribution is 0.645. The van der Waals surface area contributed by atoms with E-state index in [1.807, 2.05) is 61.5 Å². The third kappa shape index (κ3) is 3.57. The Hall–Kier alpha value is -2.82. The molecule has 0 saturated carbocycles. The fraction of sp³-hybridized carbons (Fsp3) is 0.179. The van der Waals surface area contributed by atoms with Crippen LogP contribution in [-0.4, -0.2) is 13.1 Å². The second-order valence-corrected chi connectivity index (χ2v) is 15.5. The molecule has 0 aliphatic carbocycles. The number of hydrogen-bond acceptors (Lipinski definition) is 2. The zero-order valence-electron chi connectivity index (χ0n) is 19.7. The quantitative estimate of drug-likeness (QED) is 0.246. The van der Waals surface area contributed by atoms with Gasteiger partial charge in [-0.3, -0.25) is 4.98 Å². The van der Waals surface area contributed by atoms with E-state index in [1.54, 1.807) is 6.20 Å². The lowest BCUT2D eigenvalue weighted by Crippen LogP contribution is -2.28. The summed E-state index contributed by atoms with van der Waals surface area (Å²) in [5, 5.41) is 1.97. The second-order valence-electron chi connectivity index (χ2n) is 9.26. The molecule has 1 atom stereocenters. The summed E-state index contributed by atoms with van der Waals surface area (Å²) in [6, 6.07) is 23.7. The van der Waals surface area contributed by atoms with Crippen molar-refractivity contribution in [3.63, 3.8) is 0 Å². The Bertz CT molecular complexity index is 1490. The van der Waals surface area contributed by atoms with E-state index in [1.165, 1.54) is 11.3 Å². The maximum atomic E-state index is 15.7. The summed E-state index contributed by atoms with van der Waals surface area (Å²) in [5.74, 6) is -0.176. The summed E-state index contributed by atoms with van der Waals surface area (Å²) in [5.41, 5.74) is 3.69. The molecule has 1 nitrogen and oxygen atoms in total. The number of rotatable bonds is 4. The fourth-order valence-electron chi connectivity index (χ4n) is 4.12. The molecule has 0 aliphatic heterocycles. The van der Waals surface area contributed by atoms with Crippen molar-refractivity contribution in [3.05, 3.63) is 90.4 Å². The van der Waals surface area contributed by atoms with E-state index >= 15 is 4.39 Å². The first-order chi connectivity index (χ1) is 15.7. The molecular weight excluding hydrogens is 429 g/mol. The van der Waals surface area contributed by atoms with Crippen molar-refractivity contribution in [1.82, 2.24) is 4.98 Å². The van der Waals surface area contributed by atoms with Gasteiger partial charge in [0.05, 0.1) is 18.5 Å². The third-order valence-corrected chi connectivity index (χ3v) is 10.1. The average Bonchev–Trinajstić information content (AvgIpc) is 3.19. The van der Waals surface area contributed by atoms with Crippen LogP contribution in [0.1, 0.15) is 19.4 Å². The van der Waals surface area contributed by atoms with Gasteiger partial charge in [-0.1, -0.05) is 87.2 Å². The van der Waals surface area contributed by atoms with Gasteiger partial charge >= 0.3 is 0 Å². The van der Waals surface area contributed by atoms with Gasteiger partial charge in [0.25, 0.3) is 0 Å². The summed E-state index contributed by atoms with van der Waals surface area (Å²) in [6.07, 6.45) is 1.80. The van der Waals surface area contributed by atoms with E-state index in [2.05, 4.69) is 42.8 Å². The summed E-state index contributed by atoms with van der Waals surface area (Å²) in [6.45, 7) is 8.68. The summed E-state index contributed by atoms with van der Waals surface area (Å²) in [7, 11) is -1.78. The van der Waals surface area contributed by atoms with Gasteiger partial charge in [0.15, 0.2) is 0 Å². The molecule has 1 unspecified atom stereocenters. The minimum absolute atomic E-state index is 0.176. The van der Waals surface area contributed by atoms with Crippen LogP contribution in [0.3, 0.4) is 0 Å². The molecule has 0 N–H and O–H groups in total. The Balaban J connectivity index is 1.71. The van der Waals surface area contributed by atoms with E-state index in [0.29, 0.717) is 10.3 Å². The van der Waals surface area contributed by atoms with E-state index in [4.69, 9.17) is 1.37 Å². The maximum Gasteiger partial charge on any atom is 0.148 e. The van der Waals surface area contributed by atoms with Crippen molar-refractivity contribution in [2.45, 2.75) is 32.1 Å². The molecule has 0 spiro atoms. The predicted molar refractivity (Wildman–Crippen MR) is 140 cm³/mol. The minimum atomic E-state index is -1.78. The molecule has 160 valence electrons. The lowest BCUT2D eigenvalue weighted by Gasteiger charge is -2.25. The van der Waals surface area contributed by atoms with E-state index in [-0.39, 0.29) is 5.82 Å². The molecule has 0 bridgehead atoms. The first kappa shape index (κ1) is 19.8. The summed E-state index contributed by atoms with van der Waals surface area (Å²) < 4.78 is 26.4. The molecule has 2 aromatic heterocycles. The molecule has 5 rings (SSSR count). The molecule has 2 heterocycles. The van der Waals surface area contributed by atoms with Crippen molar-refractivity contribution in [2.24, 2.45) is 0 Å². The van der Waals surface area contributed by atoms with Crippen LogP contribution in [0.15, 0.2) is 79.0 Å². The Morgan fingerprint density at radius 3 is 2.38 bits per heavy atom. The van der Waals surface area contributed by atoms with Gasteiger partial charge in [-0.2, -0.15) is 0 Å². The first-order valence-electron chi connectivity index (χ1n) is 11.3. The van der Waals surface area contributed by atoms with Crippen molar-refractivity contribution in [3.8, 4) is 22.4 Å². The highest BCUT2D eigenvalue weighted by Crippen LogP contribution is 2.43. The molecule has 0 saturated heterocycles. The zero-order chi connectivity index (χ0) is 23.4. The first-order valence-corrected chi connectivity index (χ1v) is 15.2. The summed E-state index contributed by atoms with van der Waals surface area (Å²) in [4.78, 5) is 4.66. The van der Waals surface area contributed by atoms with Crippen LogP contribution in [0.4, 0.5) is 4.39 Å².